The predicted molar refractivity (Wildman–Crippen MR) is 81.3 cm³/mol. The van der Waals surface area contributed by atoms with Gasteiger partial charge in [-0.05, 0) is 37.4 Å². The van der Waals surface area contributed by atoms with Gasteiger partial charge in [0.25, 0.3) is 0 Å². The van der Waals surface area contributed by atoms with Crippen molar-refractivity contribution >= 4 is 23.2 Å². The van der Waals surface area contributed by atoms with Crippen molar-refractivity contribution in [3.05, 3.63) is 29.0 Å². The summed E-state index contributed by atoms with van der Waals surface area (Å²) in [5, 5.41) is 2.75. The summed E-state index contributed by atoms with van der Waals surface area (Å²) < 4.78 is 13.5. The maximum Gasteiger partial charge on any atom is 0.224 e. The molecule has 0 aromatic heterocycles. The van der Waals surface area contributed by atoms with E-state index in [2.05, 4.69) is 12.2 Å². The van der Waals surface area contributed by atoms with Gasteiger partial charge in [-0.15, -0.1) is 0 Å². The van der Waals surface area contributed by atoms with E-state index in [1.807, 2.05) is 0 Å². The standard InChI is InChI=1S/C15H22ClFN2O/c1-2-4-11(9-10-18)7-8-14(20)19-15-12(16)5-3-6-13(15)17/h3,5-6,11H,2,4,7-10,18H2,1H3,(H,19,20). The van der Waals surface area contributed by atoms with Gasteiger partial charge in [0.1, 0.15) is 5.82 Å². The zero-order chi connectivity index (χ0) is 15.0. The van der Waals surface area contributed by atoms with Crippen LogP contribution in [0.15, 0.2) is 18.2 Å². The van der Waals surface area contributed by atoms with Crippen LogP contribution in [0.2, 0.25) is 5.02 Å². The molecule has 1 aromatic rings. The smallest absolute Gasteiger partial charge is 0.224 e. The molecule has 1 amide bonds. The van der Waals surface area contributed by atoms with Crippen molar-refractivity contribution in [3.8, 4) is 0 Å². The van der Waals surface area contributed by atoms with Crippen LogP contribution in [0.25, 0.3) is 0 Å². The molecule has 3 N–H and O–H groups in total. The summed E-state index contributed by atoms with van der Waals surface area (Å²) in [5.41, 5.74) is 5.62. The highest BCUT2D eigenvalue weighted by Gasteiger charge is 2.13. The molecule has 112 valence electrons. The van der Waals surface area contributed by atoms with Gasteiger partial charge in [0, 0.05) is 6.42 Å². The van der Waals surface area contributed by atoms with Gasteiger partial charge in [-0.2, -0.15) is 0 Å². The summed E-state index contributed by atoms with van der Waals surface area (Å²) in [7, 11) is 0. The van der Waals surface area contributed by atoms with Crippen LogP contribution >= 0.6 is 11.6 Å². The Morgan fingerprint density at radius 2 is 2.15 bits per heavy atom. The van der Waals surface area contributed by atoms with Gasteiger partial charge in [-0.3, -0.25) is 4.79 Å². The summed E-state index contributed by atoms with van der Waals surface area (Å²) in [6, 6.07) is 4.33. The maximum absolute atomic E-state index is 13.5. The minimum absolute atomic E-state index is 0.0602. The van der Waals surface area contributed by atoms with Crippen molar-refractivity contribution in [2.75, 3.05) is 11.9 Å². The van der Waals surface area contributed by atoms with Crippen LogP contribution in [-0.4, -0.2) is 12.5 Å². The molecule has 1 atom stereocenters. The Morgan fingerprint density at radius 1 is 1.40 bits per heavy atom. The molecule has 0 aliphatic carbocycles. The number of hydrogen-bond donors (Lipinski definition) is 2. The Morgan fingerprint density at radius 3 is 2.75 bits per heavy atom. The summed E-state index contributed by atoms with van der Waals surface area (Å²) in [5.74, 6) is -0.278. The molecule has 3 nitrogen and oxygen atoms in total. The van der Waals surface area contributed by atoms with Crippen LogP contribution < -0.4 is 11.1 Å². The fourth-order valence-electron chi connectivity index (χ4n) is 2.23. The van der Waals surface area contributed by atoms with Crippen LogP contribution in [0, 0.1) is 11.7 Å². The zero-order valence-corrected chi connectivity index (χ0v) is 12.5. The number of carbonyl (C=O) groups is 1. The second kappa shape index (κ2) is 8.93. The molecule has 1 rings (SSSR count). The van der Waals surface area contributed by atoms with Crippen molar-refractivity contribution in [2.45, 2.75) is 39.0 Å². The van der Waals surface area contributed by atoms with E-state index in [1.54, 1.807) is 6.07 Å². The summed E-state index contributed by atoms with van der Waals surface area (Å²) in [6.45, 7) is 2.74. The quantitative estimate of drug-likeness (QED) is 0.763. The molecular weight excluding hydrogens is 279 g/mol. The lowest BCUT2D eigenvalue weighted by atomic mass is 9.94. The SMILES string of the molecule is CCCC(CCN)CCC(=O)Nc1c(F)cccc1Cl. The molecule has 5 heteroatoms. The van der Waals surface area contributed by atoms with E-state index in [1.165, 1.54) is 12.1 Å². The Labute approximate surface area is 124 Å². The molecule has 0 aliphatic rings. The minimum atomic E-state index is -0.516. The number of amides is 1. The van der Waals surface area contributed by atoms with E-state index >= 15 is 0 Å². The predicted octanol–water partition coefficient (Wildman–Crippen LogP) is 3.96. The van der Waals surface area contributed by atoms with E-state index < -0.39 is 5.82 Å². The van der Waals surface area contributed by atoms with Crippen molar-refractivity contribution in [3.63, 3.8) is 0 Å². The highest BCUT2D eigenvalue weighted by atomic mass is 35.5. The maximum atomic E-state index is 13.5. The Bertz CT molecular complexity index is 414. The lowest BCUT2D eigenvalue weighted by Gasteiger charge is -2.15. The molecule has 0 heterocycles. The van der Waals surface area contributed by atoms with E-state index in [-0.39, 0.29) is 16.6 Å². The van der Waals surface area contributed by atoms with Crippen LogP contribution in [0.3, 0.4) is 0 Å². The topological polar surface area (TPSA) is 55.1 Å². The molecule has 0 saturated carbocycles. The average Bonchev–Trinajstić information content (AvgIpc) is 2.41. The highest BCUT2D eigenvalue weighted by Crippen LogP contribution is 2.25. The van der Waals surface area contributed by atoms with E-state index in [0.29, 0.717) is 18.9 Å². The molecule has 0 saturated heterocycles. The third-order valence-corrected chi connectivity index (χ3v) is 3.59. The second-order valence-electron chi connectivity index (χ2n) is 4.92. The number of carbonyl (C=O) groups excluding carboxylic acids is 1. The Balaban J connectivity index is 2.51. The highest BCUT2D eigenvalue weighted by molar-refractivity contribution is 6.33. The van der Waals surface area contributed by atoms with E-state index in [4.69, 9.17) is 17.3 Å². The Kier molecular flexibility index (Phi) is 7.55. The van der Waals surface area contributed by atoms with Crippen LogP contribution in [0.1, 0.15) is 39.0 Å². The third-order valence-electron chi connectivity index (χ3n) is 3.28. The fraction of sp³-hybridized carbons (Fsp3) is 0.533. The molecule has 0 aliphatic heterocycles. The number of benzene rings is 1. The fourth-order valence-corrected chi connectivity index (χ4v) is 2.44. The average molecular weight is 301 g/mol. The van der Waals surface area contributed by atoms with Crippen molar-refractivity contribution < 1.29 is 9.18 Å². The first kappa shape index (κ1) is 16.9. The molecule has 0 radical (unpaired) electrons. The molecule has 20 heavy (non-hydrogen) atoms. The van der Waals surface area contributed by atoms with Gasteiger partial charge in [-0.25, -0.2) is 4.39 Å². The normalized spacial score (nSPS) is 12.2. The van der Waals surface area contributed by atoms with Gasteiger partial charge in [0.2, 0.25) is 5.91 Å². The monoisotopic (exact) mass is 300 g/mol. The van der Waals surface area contributed by atoms with Gasteiger partial charge < -0.3 is 11.1 Å². The van der Waals surface area contributed by atoms with Crippen LogP contribution in [0.5, 0.6) is 0 Å². The van der Waals surface area contributed by atoms with Crippen LogP contribution in [0.4, 0.5) is 10.1 Å². The number of halogens is 2. The molecule has 1 unspecified atom stereocenters. The number of hydrogen-bond acceptors (Lipinski definition) is 2. The first-order chi connectivity index (χ1) is 9.58. The van der Waals surface area contributed by atoms with Crippen molar-refractivity contribution in [1.29, 1.82) is 0 Å². The molecule has 0 fully saturated rings. The number of rotatable bonds is 8. The zero-order valence-electron chi connectivity index (χ0n) is 11.8. The second-order valence-corrected chi connectivity index (χ2v) is 5.32. The molecule has 1 aromatic carbocycles. The number of nitrogens with one attached hydrogen (secondary N) is 1. The summed E-state index contributed by atoms with van der Waals surface area (Å²) >= 11 is 5.86. The first-order valence-electron chi connectivity index (χ1n) is 7.02. The lowest BCUT2D eigenvalue weighted by Crippen LogP contribution is -2.16. The van der Waals surface area contributed by atoms with Crippen molar-refractivity contribution in [1.82, 2.24) is 0 Å². The van der Waals surface area contributed by atoms with Crippen molar-refractivity contribution in [2.24, 2.45) is 11.7 Å². The number of anilines is 1. The number of nitrogens with two attached hydrogens (primary N) is 1. The van der Waals surface area contributed by atoms with Gasteiger partial charge in [0.15, 0.2) is 0 Å². The van der Waals surface area contributed by atoms with Gasteiger partial charge in [-0.1, -0.05) is 37.4 Å². The van der Waals surface area contributed by atoms with Crippen LogP contribution in [-0.2, 0) is 4.79 Å². The summed E-state index contributed by atoms with van der Waals surface area (Å²) in [4.78, 5) is 11.9. The largest absolute Gasteiger partial charge is 0.330 e. The van der Waals surface area contributed by atoms with Gasteiger partial charge >= 0.3 is 0 Å². The minimum Gasteiger partial charge on any atom is -0.330 e. The molecule has 0 spiro atoms. The van der Waals surface area contributed by atoms with Gasteiger partial charge in [0.05, 0.1) is 10.7 Å². The number of para-hydroxylation sites is 1. The molecular formula is C15H22ClFN2O. The Hall–Kier alpha value is -1.13. The van der Waals surface area contributed by atoms with E-state index in [9.17, 15) is 9.18 Å². The van der Waals surface area contributed by atoms with E-state index in [0.717, 1.165) is 25.7 Å². The molecule has 0 bridgehead atoms. The lowest BCUT2D eigenvalue weighted by molar-refractivity contribution is -0.116. The first-order valence-corrected chi connectivity index (χ1v) is 7.40. The third kappa shape index (κ3) is 5.47. The summed E-state index contributed by atoms with van der Waals surface area (Å²) in [6.07, 6.45) is 4.18.